The van der Waals surface area contributed by atoms with E-state index in [2.05, 4.69) is 26.0 Å². The number of aromatic nitrogens is 3. The van der Waals surface area contributed by atoms with E-state index in [0.29, 0.717) is 29.1 Å². The third kappa shape index (κ3) is 9.93. The van der Waals surface area contributed by atoms with E-state index in [1.165, 1.54) is 12.1 Å². The van der Waals surface area contributed by atoms with Crippen molar-refractivity contribution in [1.29, 1.82) is 0 Å². The zero-order chi connectivity index (χ0) is 36.1. The fourth-order valence-corrected chi connectivity index (χ4v) is 6.42. The molecule has 0 aliphatic carbocycles. The Balaban J connectivity index is 0.00000364. The van der Waals surface area contributed by atoms with Crippen LogP contribution in [0, 0.1) is 38.3 Å². The molecule has 0 bridgehead atoms. The highest BCUT2D eigenvalue weighted by Crippen LogP contribution is 2.34. The highest BCUT2D eigenvalue weighted by atomic mass is 35.5. The van der Waals surface area contributed by atoms with Crippen molar-refractivity contribution in [2.75, 3.05) is 13.2 Å². The van der Waals surface area contributed by atoms with Gasteiger partial charge in [0, 0.05) is 36.8 Å². The number of amides is 2. The van der Waals surface area contributed by atoms with Crippen molar-refractivity contribution in [2.24, 2.45) is 5.92 Å². The summed E-state index contributed by atoms with van der Waals surface area (Å²) in [6.07, 6.45) is 2.59. The average molecular weight is 760 g/mol. The maximum absolute atomic E-state index is 15.9. The second-order valence-electron chi connectivity index (χ2n) is 13.2. The van der Waals surface area contributed by atoms with E-state index in [1.54, 1.807) is 62.7 Å². The summed E-state index contributed by atoms with van der Waals surface area (Å²) in [6, 6.07) is 8.89. The van der Waals surface area contributed by atoms with Gasteiger partial charge in [-0.05, 0) is 104 Å². The predicted octanol–water partition coefficient (Wildman–Crippen LogP) is 6.58. The lowest BCUT2D eigenvalue weighted by molar-refractivity contribution is -0.143. The summed E-state index contributed by atoms with van der Waals surface area (Å²) in [7, 11) is 0. The minimum Gasteiger partial charge on any atom is -0.466 e. The van der Waals surface area contributed by atoms with E-state index < -0.39 is 35.7 Å². The number of hydrogen-bond acceptors (Lipinski definition) is 7. The molecule has 2 aromatic heterocycles. The van der Waals surface area contributed by atoms with Crippen LogP contribution in [0.2, 0.25) is 0 Å². The zero-order valence-electron chi connectivity index (χ0n) is 30.1. The van der Waals surface area contributed by atoms with Gasteiger partial charge in [0.25, 0.3) is 5.91 Å². The van der Waals surface area contributed by atoms with Crippen LogP contribution in [-0.4, -0.2) is 51.7 Å². The molecular weight excluding hydrogens is 713 g/mol. The summed E-state index contributed by atoms with van der Waals surface area (Å²) in [4.78, 5) is 44.9. The number of benzene rings is 2. The standard InChI is InChI=1S/C38H44F2N6O4.2ClH/c1-7-50-34(47)18-31(28-17-25(14-24(6)36(28)40)35-22(4)15-27(39)16-23(35)5)43-38(49)32(13-21(2)3)44-37(48)30-9-8-10-33(42-30)46-20-26-19-41-12-11-29(26)45-46;;/h8-10,14-17,20-21,31-32,41H,7,11-13,18-19H2,1-6H3,(H,43,49)(H,44,48);2*1H/t31-,32-;;/m0../s1. The maximum atomic E-state index is 15.9. The first-order valence-electron chi connectivity index (χ1n) is 16.9. The molecule has 3 N–H and O–H groups in total. The van der Waals surface area contributed by atoms with Gasteiger partial charge in [-0.3, -0.25) is 14.4 Å². The summed E-state index contributed by atoms with van der Waals surface area (Å²) in [5.41, 5.74) is 5.16. The minimum absolute atomic E-state index is 0. The number of halogens is 4. The van der Waals surface area contributed by atoms with Gasteiger partial charge in [-0.15, -0.1) is 24.8 Å². The SMILES string of the molecule is CCOC(=O)C[C@H](NC(=O)[C@H](CC(C)C)NC(=O)c1cccc(-n2cc3c(n2)CCNC3)n1)c1cc(-c2c(C)cc(F)cc2C)cc(C)c1F.Cl.Cl. The van der Waals surface area contributed by atoms with Crippen LogP contribution < -0.4 is 16.0 Å². The van der Waals surface area contributed by atoms with Crippen molar-refractivity contribution >= 4 is 42.6 Å². The lowest BCUT2D eigenvalue weighted by atomic mass is 9.90. The quantitative estimate of drug-likeness (QED) is 0.139. The molecule has 2 amide bonds. The topological polar surface area (TPSA) is 127 Å². The van der Waals surface area contributed by atoms with Gasteiger partial charge in [-0.1, -0.05) is 19.9 Å². The Morgan fingerprint density at radius 2 is 1.71 bits per heavy atom. The fourth-order valence-electron chi connectivity index (χ4n) is 6.42. The number of aryl methyl sites for hydroxylation is 3. The Labute approximate surface area is 315 Å². The number of carbonyl (C=O) groups is 3. The lowest BCUT2D eigenvalue weighted by Gasteiger charge is -2.26. The molecule has 5 rings (SSSR count). The second kappa shape index (κ2) is 18.4. The summed E-state index contributed by atoms with van der Waals surface area (Å²) < 4.78 is 36.9. The van der Waals surface area contributed by atoms with E-state index in [-0.39, 0.29) is 72.8 Å². The van der Waals surface area contributed by atoms with Gasteiger partial charge in [0.1, 0.15) is 23.4 Å². The third-order valence-electron chi connectivity index (χ3n) is 8.70. The van der Waals surface area contributed by atoms with Crippen molar-refractivity contribution in [2.45, 2.75) is 79.4 Å². The van der Waals surface area contributed by atoms with Gasteiger partial charge in [-0.25, -0.2) is 18.4 Å². The molecule has 0 saturated heterocycles. The van der Waals surface area contributed by atoms with Crippen LogP contribution in [0.5, 0.6) is 0 Å². The Hall–Kier alpha value is -4.39. The molecule has 3 heterocycles. The normalized spacial score (nSPS) is 13.2. The number of rotatable bonds is 12. The van der Waals surface area contributed by atoms with Crippen molar-refractivity contribution in [1.82, 2.24) is 30.7 Å². The first kappa shape index (κ1) is 42.0. The molecule has 14 heteroatoms. The number of pyridine rings is 1. The molecule has 0 saturated carbocycles. The maximum Gasteiger partial charge on any atom is 0.308 e. The van der Waals surface area contributed by atoms with E-state index in [0.717, 1.165) is 29.8 Å². The Kier molecular flexibility index (Phi) is 14.9. The van der Waals surface area contributed by atoms with Crippen LogP contribution in [-0.2, 0) is 27.3 Å². The van der Waals surface area contributed by atoms with Crippen LogP contribution in [0.25, 0.3) is 16.9 Å². The molecule has 0 fully saturated rings. The Morgan fingerprint density at radius 3 is 2.37 bits per heavy atom. The van der Waals surface area contributed by atoms with Gasteiger partial charge >= 0.3 is 5.97 Å². The summed E-state index contributed by atoms with van der Waals surface area (Å²) in [5.74, 6) is -2.32. The first-order chi connectivity index (χ1) is 23.8. The Bertz CT molecular complexity index is 1870. The van der Waals surface area contributed by atoms with Gasteiger partial charge in [0.2, 0.25) is 5.91 Å². The largest absolute Gasteiger partial charge is 0.466 e. The third-order valence-corrected chi connectivity index (χ3v) is 8.70. The number of esters is 1. The van der Waals surface area contributed by atoms with Gasteiger partial charge in [-0.2, -0.15) is 5.10 Å². The highest BCUT2D eigenvalue weighted by Gasteiger charge is 2.30. The number of carbonyl (C=O) groups excluding carboxylic acids is 3. The molecular formula is C38H46Cl2F2N6O4. The van der Waals surface area contributed by atoms with Crippen molar-refractivity contribution in [3.8, 4) is 16.9 Å². The molecule has 52 heavy (non-hydrogen) atoms. The zero-order valence-corrected chi connectivity index (χ0v) is 31.8. The monoisotopic (exact) mass is 758 g/mol. The molecule has 280 valence electrons. The van der Waals surface area contributed by atoms with Crippen LogP contribution >= 0.6 is 24.8 Å². The van der Waals surface area contributed by atoms with Gasteiger partial charge < -0.3 is 20.7 Å². The van der Waals surface area contributed by atoms with Crippen LogP contribution in [0.4, 0.5) is 8.78 Å². The van der Waals surface area contributed by atoms with E-state index in [4.69, 9.17) is 4.74 Å². The van der Waals surface area contributed by atoms with Crippen LogP contribution in [0.3, 0.4) is 0 Å². The molecule has 4 aromatic rings. The highest BCUT2D eigenvalue weighted by molar-refractivity contribution is 5.96. The van der Waals surface area contributed by atoms with Crippen LogP contribution in [0.1, 0.15) is 83.7 Å². The lowest BCUT2D eigenvalue weighted by Crippen LogP contribution is -2.48. The van der Waals surface area contributed by atoms with E-state index >= 15 is 4.39 Å². The van der Waals surface area contributed by atoms with Crippen molar-refractivity contribution < 1.29 is 27.9 Å². The summed E-state index contributed by atoms with van der Waals surface area (Å²) in [6.45, 7) is 12.3. The molecule has 1 aliphatic rings. The number of nitrogens with zero attached hydrogens (tertiary/aromatic N) is 3. The summed E-state index contributed by atoms with van der Waals surface area (Å²) in [5, 5.41) is 13.6. The fraction of sp³-hybridized carbons (Fsp3) is 0.395. The van der Waals surface area contributed by atoms with E-state index in [1.807, 2.05) is 20.0 Å². The Morgan fingerprint density at radius 1 is 1.00 bits per heavy atom. The number of ether oxygens (including phenoxy) is 1. The molecule has 1 aliphatic heterocycles. The molecule has 2 atom stereocenters. The predicted molar refractivity (Wildman–Crippen MR) is 200 cm³/mol. The molecule has 10 nitrogen and oxygen atoms in total. The molecule has 0 unspecified atom stereocenters. The number of nitrogens with one attached hydrogen (secondary N) is 3. The molecule has 0 spiro atoms. The van der Waals surface area contributed by atoms with Crippen molar-refractivity contribution in [3.63, 3.8) is 0 Å². The summed E-state index contributed by atoms with van der Waals surface area (Å²) >= 11 is 0. The second-order valence-corrected chi connectivity index (χ2v) is 13.2. The van der Waals surface area contributed by atoms with Gasteiger partial charge in [0.15, 0.2) is 5.82 Å². The van der Waals surface area contributed by atoms with Crippen LogP contribution in [0.15, 0.2) is 48.7 Å². The molecule has 2 aromatic carbocycles. The van der Waals surface area contributed by atoms with E-state index in [9.17, 15) is 18.8 Å². The number of hydrogen-bond donors (Lipinski definition) is 3. The first-order valence-corrected chi connectivity index (χ1v) is 16.9. The van der Waals surface area contributed by atoms with Crippen molar-refractivity contribution in [3.05, 3.63) is 99.5 Å². The minimum atomic E-state index is -1.13. The average Bonchev–Trinajstić information content (AvgIpc) is 3.50. The smallest absolute Gasteiger partial charge is 0.308 e. The van der Waals surface area contributed by atoms with Gasteiger partial charge in [0.05, 0.1) is 24.8 Å². The molecule has 0 radical (unpaired) electrons. The number of fused-ring (bicyclic) bond motifs is 1.